The predicted octanol–water partition coefficient (Wildman–Crippen LogP) is 2.25. The summed E-state index contributed by atoms with van der Waals surface area (Å²) in [6.07, 6.45) is 3.74. The first-order chi connectivity index (χ1) is 7.15. The lowest BCUT2D eigenvalue weighted by atomic mass is 9.69. The van der Waals surface area contributed by atoms with Crippen LogP contribution in [0.25, 0.3) is 0 Å². The van der Waals surface area contributed by atoms with E-state index in [1.54, 1.807) is 19.3 Å². The van der Waals surface area contributed by atoms with Crippen LogP contribution in [0.1, 0.15) is 38.4 Å². The lowest BCUT2D eigenvalue weighted by molar-refractivity contribution is -0.128. The van der Waals surface area contributed by atoms with Gasteiger partial charge in [-0.05, 0) is 31.9 Å². The molecule has 0 bridgehead atoms. The summed E-state index contributed by atoms with van der Waals surface area (Å²) in [5.74, 6) is 1.06. The van der Waals surface area contributed by atoms with Gasteiger partial charge in [-0.1, -0.05) is 0 Å². The predicted molar refractivity (Wildman–Crippen MR) is 54.5 cm³/mol. The molecule has 3 nitrogen and oxygen atoms in total. The second kappa shape index (κ2) is 3.65. The molecule has 1 saturated carbocycles. The molecule has 0 aliphatic heterocycles. The van der Waals surface area contributed by atoms with Crippen LogP contribution >= 0.6 is 0 Å². The van der Waals surface area contributed by atoms with Gasteiger partial charge in [-0.2, -0.15) is 0 Å². The summed E-state index contributed by atoms with van der Waals surface area (Å²) in [6.45, 7) is 1.58. The molecule has 0 unspecified atom stereocenters. The maximum atomic E-state index is 11.8. The molecule has 1 fully saturated rings. The van der Waals surface area contributed by atoms with Crippen LogP contribution in [0.3, 0.4) is 0 Å². The van der Waals surface area contributed by atoms with Gasteiger partial charge in [-0.3, -0.25) is 9.59 Å². The second-order valence-corrected chi connectivity index (χ2v) is 4.15. The highest BCUT2D eigenvalue weighted by atomic mass is 16.3. The quantitative estimate of drug-likeness (QED) is 0.745. The summed E-state index contributed by atoms with van der Waals surface area (Å²) < 4.78 is 5.34. The topological polar surface area (TPSA) is 47.3 Å². The maximum Gasteiger partial charge on any atom is 0.143 e. The van der Waals surface area contributed by atoms with E-state index in [-0.39, 0.29) is 11.6 Å². The third-order valence-corrected chi connectivity index (χ3v) is 3.33. The van der Waals surface area contributed by atoms with E-state index in [0.717, 1.165) is 0 Å². The minimum atomic E-state index is -0.544. The molecule has 1 aliphatic rings. The summed E-state index contributed by atoms with van der Waals surface area (Å²) in [6, 6.07) is 3.62. The number of ketones is 2. The van der Waals surface area contributed by atoms with Gasteiger partial charge in [0.25, 0.3) is 0 Å². The molecule has 1 heterocycles. The normalized spacial score (nSPS) is 20.2. The van der Waals surface area contributed by atoms with Crippen LogP contribution in [-0.2, 0) is 15.0 Å². The Morgan fingerprint density at radius 2 is 2.07 bits per heavy atom. The number of furan rings is 1. The SMILES string of the molecule is CC(=O)C1(c2ccco2)CCC(=O)CC1. The van der Waals surface area contributed by atoms with E-state index < -0.39 is 5.41 Å². The molecule has 80 valence electrons. The molecule has 15 heavy (non-hydrogen) atoms. The van der Waals surface area contributed by atoms with Crippen LogP contribution in [0, 0.1) is 0 Å². The zero-order chi connectivity index (χ0) is 10.9. The third kappa shape index (κ3) is 1.62. The zero-order valence-corrected chi connectivity index (χ0v) is 8.79. The first-order valence-corrected chi connectivity index (χ1v) is 5.22. The van der Waals surface area contributed by atoms with Gasteiger partial charge in [0, 0.05) is 12.8 Å². The van der Waals surface area contributed by atoms with Crippen LogP contribution < -0.4 is 0 Å². The van der Waals surface area contributed by atoms with E-state index in [1.807, 2.05) is 6.07 Å². The fourth-order valence-electron chi connectivity index (χ4n) is 2.28. The van der Waals surface area contributed by atoms with E-state index in [9.17, 15) is 9.59 Å². The summed E-state index contributed by atoms with van der Waals surface area (Å²) in [7, 11) is 0. The number of hydrogen-bond donors (Lipinski definition) is 0. The van der Waals surface area contributed by atoms with Crippen LogP contribution in [-0.4, -0.2) is 11.6 Å². The van der Waals surface area contributed by atoms with Crippen molar-refractivity contribution in [3.05, 3.63) is 24.2 Å². The Hall–Kier alpha value is -1.38. The Bertz CT molecular complexity index is 366. The average Bonchev–Trinajstić information content (AvgIpc) is 2.72. The molecule has 3 heteroatoms. The lowest BCUT2D eigenvalue weighted by Crippen LogP contribution is -2.38. The Balaban J connectivity index is 2.34. The van der Waals surface area contributed by atoms with Gasteiger partial charge in [0.15, 0.2) is 0 Å². The summed E-state index contributed by atoms with van der Waals surface area (Å²) in [5, 5.41) is 0. The van der Waals surface area contributed by atoms with Gasteiger partial charge >= 0.3 is 0 Å². The monoisotopic (exact) mass is 206 g/mol. The first kappa shape index (κ1) is 10.1. The number of rotatable bonds is 2. The number of hydrogen-bond acceptors (Lipinski definition) is 3. The molecule has 0 spiro atoms. The minimum absolute atomic E-state index is 0.102. The molecule has 1 aromatic heterocycles. The average molecular weight is 206 g/mol. The smallest absolute Gasteiger partial charge is 0.143 e. The van der Waals surface area contributed by atoms with Gasteiger partial charge in [0.1, 0.15) is 17.3 Å². The van der Waals surface area contributed by atoms with E-state index in [0.29, 0.717) is 31.4 Å². The van der Waals surface area contributed by atoms with Gasteiger partial charge in [0.05, 0.1) is 11.7 Å². The molecule has 0 atom stereocenters. The fraction of sp³-hybridized carbons (Fsp3) is 0.500. The molecule has 0 aromatic carbocycles. The molecule has 2 rings (SSSR count). The van der Waals surface area contributed by atoms with Crippen LogP contribution in [0.15, 0.2) is 22.8 Å². The van der Waals surface area contributed by atoms with E-state index in [4.69, 9.17) is 4.42 Å². The third-order valence-electron chi connectivity index (χ3n) is 3.33. The van der Waals surface area contributed by atoms with Crippen LogP contribution in [0.2, 0.25) is 0 Å². The van der Waals surface area contributed by atoms with Gasteiger partial charge in [-0.15, -0.1) is 0 Å². The van der Waals surface area contributed by atoms with Crippen LogP contribution in [0.4, 0.5) is 0 Å². The van der Waals surface area contributed by atoms with E-state index in [2.05, 4.69) is 0 Å². The summed E-state index contributed by atoms with van der Waals surface area (Å²) in [4.78, 5) is 23.0. The Morgan fingerprint density at radius 3 is 2.53 bits per heavy atom. The highest BCUT2D eigenvalue weighted by Gasteiger charge is 2.42. The first-order valence-electron chi connectivity index (χ1n) is 5.22. The van der Waals surface area contributed by atoms with Crippen molar-refractivity contribution in [1.29, 1.82) is 0 Å². The van der Waals surface area contributed by atoms with Crippen molar-refractivity contribution in [3.8, 4) is 0 Å². The standard InChI is InChI=1S/C12H14O3/c1-9(13)12(11-3-2-8-15-11)6-4-10(14)5-7-12/h2-3,8H,4-7H2,1H3. The molecular weight excluding hydrogens is 192 g/mol. The van der Waals surface area contributed by atoms with E-state index in [1.165, 1.54) is 0 Å². The molecule has 0 N–H and O–H groups in total. The molecule has 1 aromatic rings. The van der Waals surface area contributed by atoms with Crippen molar-refractivity contribution in [3.63, 3.8) is 0 Å². The van der Waals surface area contributed by atoms with Crippen molar-refractivity contribution in [2.24, 2.45) is 0 Å². The van der Waals surface area contributed by atoms with E-state index >= 15 is 0 Å². The van der Waals surface area contributed by atoms with Crippen molar-refractivity contribution in [2.45, 2.75) is 38.0 Å². The number of Topliss-reactive ketones (excluding diaryl/α,β-unsaturated/α-hetero) is 2. The maximum absolute atomic E-state index is 11.8. The lowest BCUT2D eigenvalue weighted by Gasteiger charge is -2.32. The summed E-state index contributed by atoms with van der Waals surface area (Å²) >= 11 is 0. The summed E-state index contributed by atoms with van der Waals surface area (Å²) in [5.41, 5.74) is -0.544. The largest absolute Gasteiger partial charge is 0.468 e. The van der Waals surface area contributed by atoms with Crippen LogP contribution in [0.5, 0.6) is 0 Å². The molecule has 0 saturated heterocycles. The molecular formula is C12H14O3. The molecule has 1 aliphatic carbocycles. The minimum Gasteiger partial charge on any atom is -0.468 e. The zero-order valence-electron chi connectivity index (χ0n) is 8.79. The second-order valence-electron chi connectivity index (χ2n) is 4.15. The highest BCUT2D eigenvalue weighted by Crippen LogP contribution is 2.39. The molecule has 0 radical (unpaired) electrons. The van der Waals surface area contributed by atoms with Gasteiger partial charge in [0.2, 0.25) is 0 Å². The fourth-order valence-corrected chi connectivity index (χ4v) is 2.28. The molecule has 0 amide bonds. The highest BCUT2D eigenvalue weighted by molar-refractivity contribution is 5.91. The van der Waals surface area contributed by atoms with Gasteiger partial charge < -0.3 is 4.42 Å². The van der Waals surface area contributed by atoms with Gasteiger partial charge in [-0.25, -0.2) is 0 Å². The Labute approximate surface area is 88.5 Å². The van der Waals surface area contributed by atoms with Crippen molar-refractivity contribution in [2.75, 3.05) is 0 Å². The Kier molecular flexibility index (Phi) is 2.47. The Morgan fingerprint density at radius 1 is 1.40 bits per heavy atom. The number of carbonyl (C=O) groups excluding carboxylic acids is 2. The van der Waals surface area contributed by atoms with Crippen molar-refractivity contribution >= 4 is 11.6 Å². The number of carbonyl (C=O) groups is 2. The van der Waals surface area contributed by atoms with Crippen molar-refractivity contribution in [1.82, 2.24) is 0 Å². The van der Waals surface area contributed by atoms with Crippen molar-refractivity contribution < 1.29 is 14.0 Å².